The van der Waals surface area contributed by atoms with Gasteiger partial charge in [-0.1, -0.05) is 8.58 Å². The molecule has 8 nitrogen and oxygen atoms in total. The lowest BCUT2D eigenvalue weighted by Gasteiger charge is -2.44. The van der Waals surface area contributed by atoms with Crippen LogP contribution in [0.1, 0.15) is 12.8 Å². The summed E-state index contributed by atoms with van der Waals surface area (Å²) in [5, 5.41) is 6.11. The molecule has 0 aromatic carbocycles. The summed E-state index contributed by atoms with van der Waals surface area (Å²) >= 11 is 0. The molecule has 2 bridgehead atoms. The number of rotatable bonds is 2. The smallest absolute Gasteiger partial charge is 0.286 e. The number of nitrogens with two attached hydrogens (primary N) is 2. The van der Waals surface area contributed by atoms with Gasteiger partial charge in [0.05, 0.1) is 17.1 Å². The largest absolute Gasteiger partial charge is 0.398 e. The van der Waals surface area contributed by atoms with E-state index in [0.29, 0.717) is 25.8 Å². The second-order valence-electron chi connectivity index (χ2n) is 7.05. The highest BCUT2D eigenvalue weighted by molar-refractivity contribution is 7.43. The number of carbonyl (C=O) groups is 2. The van der Waals surface area contributed by atoms with E-state index in [1.165, 1.54) is 0 Å². The first-order valence-corrected chi connectivity index (χ1v) is 9.99. The molecule has 3 atom stereocenters. The van der Waals surface area contributed by atoms with E-state index in [-0.39, 0.29) is 17.7 Å². The molecule has 0 spiro atoms. The van der Waals surface area contributed by atoms with Gasteiger partial charge in [0, 0.05) is 18.2 Å². The lowest BCUT2D eigenvalue weighted by molar-refractivity contribution is -0.118. The highest BCUT2D eigenvalue weighted by atomic mass is 31.1. The molecule has 26 heavy (non-hydrogen) atoms. The Morgan fingerprint density at radius 1 is 1.35 bits per heavy atom. The number of aliphatic imine (C=N–C) groups is 1. The average molecular weight is 374 g/mol. The monoisotopic (exact) mass is 374 g/mol. The molecule has 138 valence electrons. The first kappa shape index (κ1) is 17.2. The van der Waals surface area contributed by atoms with E-state index < -0.39 is 11.8 Å². The molecule has 3 unspecified atom stereocenters. The Morgan fingerprint density at radius 2 is 2.12 bits per heavy atom. The molecular formula is C17H23N6O2P. The average Bonchev–Trinajstić information content (AvgIpc) is 3.12. The van der Waals surface area contributed by atoms with Crippen LogP contribution in [0.4, 0.5) is 0 Å². The van der Waals surface area contributed by atoms with E-state index >= 15 is 0 Å². The maximum atomic E-state index is 12.5. The SMILES string of the molecule is NC(=NC(=O)C1=CPC2NC=CC2=C1N)C(=O)NC1CN2CCC1CC2. The molecule has 3 saturated heterocycles. The Morgan fingerprint density at radius 3 is 2.81 bits per heavy atom. The van der Waals surface area contributed by atoms with Crippen molar-refractivity contribution in [3.05, 3.63) is 34.9 Å². The first-order chi connectivity index (χ1) is 12.5. The fourth-order valence-corrected chi connectivity index (χ4v) is 5.21. The van der Waals surface area contributed by atoms with Crippen LogP contribution >= 0.6 is 8.58 Å². The third-order valence-corrected chi connectivity index (χ3v) is 6.76. The van der Waals surface area contributed by atoms with Crippen LogP contribution in [0.3, 0.4) is 0 Å². The van der Waals surface area contributed by atoms with Gasteiger partial charge in [0.15, 0.2) is 5.84 Å². The summed E-state index contributed by atoms with van der Waals surface area (Å²) in [6.07, 6.45) is 5.85. The molecule has 0 radical (unpaired) electrons. The molecule has 5 heterocycles. The minimum Gasteiger partial charge on any atom is -0.398 e. The highest BCUT2D eigenvalue weighted by Gasteiger charge is 2.35. The maximum absolute atomic E-state index is 12.5. The zero-order valence-electron chi connectivity index (χ0n) is 14.4. The van der Waals surface area contributed by atoms with Crippen molar-refractivity contribution in [2.24, 2.45) is 22.4 Å². The van der Waals surface area contributed by atoms with Gasteiger partial charge in [-0.15, -0.1) is 0 Å². The van der Waals surface area contributed by atoms with Gasteiger partial charge in [-0.05, 0) is 49.9 Å². The molecule has 3 fully saturated rings. The molecule has 0 saturated carbocycles. The highest BCUT2D eigenvalue weighted by Crippen LogP contribution is 2.37. The Labute approximate surface area is 153 Å². The van der Waals surface area contributed by atoms with Crippen LogP contribution in [-0.4, -0.2) is 54.0 Å². The molecule has 2 amide bonds. The Hall–Kier alpha value is -2.18. The normalized spacial score (nSPS) is 33.7. The van der Waals surface area contributed by atoms with Crippen molar-refractivity contribution in [2.75, 3.05) is 19.6 Å². The van der Waals surface area contributed by atoms with E-state index in [0.717, 1.165) is 38.0 Å². The summed E-state index contributed by atoms with van der Waals surface area (Å²) in [5.74, 6) is 1.02. The van der Waals surface area contributed by atoms with Crippen molar-refractivity contribution >= 4 is 26.2 Å². The standard InChI is InChI=1S/C17H23N6O2P/c18-13-10-1-4-20-17(10)26-8-11(13)15(24)22-14(19)16(25)21-12-7-23-5-2-9(12)3-6-23/h1,4,8-9,12,17,20,26H,2-3,5-7,18H2,(H,21,25)(H2,19,22,24). The molecule has 0 aromatic heterocycles. The number of fused-ring (bicyclic) bond motifs is 4. The van der Waals surface area contributed by atoms with Gasteiger partial charge in [-0.3, -0.25) is 9.59 Å². The minimum atomic E-state index is -0.567. The Balaban J connectivity index is 1.42. The molecule has 0 aliphatic carbocycles. The number of amidine groups is 1. The van der Waals surface area contributed by atoms with E-state index in [9.17, 15) is 9.59 Å². The quantitative estimate of drug-likeness (QED) is 0.288. The van der Waals surface area contributed by atoms with Gasteiger partial charge in [-0.25, -0.2) is 0 Å². The first-order valence-electron chi connectivity index (χ1n) is 8.83. The zero-order chi connectivity index (χ0) is 18.3. The van der Waals surface area contributed by atoms with Gasteiger partial charge in [0.1, 0.15) is 0 Å². The van der Waals surface area contributed by atoms with E-state index in [2.05, 4.69) is 20.5 Å². The van der Waals surface area contributed by atoms with E-state index in [4.69, 9.17) is 11.5 Å². The molecule has 9 heteroatoms. The zero-order valence-corrected chi connectivity index (χ0v) is 15.4. The van der Waals surface area contributed by atoms with Gasteiger partial charge in [0.2, 0.25) is 0 Å². The summed E-state index contributed by atoms with van der Waals surface area (Å²) in [7, 11) is 0.380. The number of piperidine rings is 3. The maximum Gasteiger partial charge on any atom is 0.286 e. The Bertz CT molecular complexity index is 763. The molecule has 0 aromatic rings. The van der Waals surface area contributed by atoms with Crippen LogP contribution < -0.4 is 22.1 Å². The molecular weight excluding hydrogens is 351 g/mol. The van der Waals surface area contributed by atoms with Crippen molar-refractivity contribution in [3.8, 4) is 0 Å². The lowest BCUT2D eigenvalue weighted by Crippen LogP contribution is -2.58. The van der Waals surface area contributed by atoms with Crippen LogP contribution in [-0.2, 0) is 9.59 Å². The molecule has 5 aliphatic rings. The molecule has 6 N–H and O–H groups in total. The summed E-state index contributed by atoms with van der Waals surface area (Å²) in [5.41, 5.74) is 13.5. The van der Waals surface area contributed by atoms with Crippen molar-refractivity contribution in [1.29, 1.82) is 0 Å². The van der Waals surface area contributed by atoms with Crippen molar-refractivity contribution in [2.45, 2.75) is 24.7 Å². The topological polar surface area (TPSA) is 126 Å². The number of nitrogens with zero attached hydrogens (tertiary/aromatic N) is 2. The van der Waals surface area contributed by atoms with E-state index in [1.807, 2.05) is 12.3 Å². The van der Waals surface area contributed by atoms with Crippen LogP contribution in [0.25, 0.3) is 0 Å². The molecule has 5 aliphatic heterocycles. The summed E-state index contributed by atoms with van der Waals surface area (Å²) in [4.78, 5) is 30.9. The van der Waals surface area contributed by atoms with E-state index in [1.54, 1.807) is 5.82 Å². The van der Waals surface area contributed by atoms with Crippen LogP contribution in [0.2, 0.25) is 0 Å². The minimum absolute atomic E-state index is 0.0758. The third kappa shape index (κ3) is 3.15. The summed E-state index contributed by atoms with van der Waals surface area (Å²) in [6.45, 7) is 3.02. The summed E-state index contributed by atoms with van der Waals surface area (Å²) < 4.78 is 0. The third-order valence-electron chi connectivity index (χ3n) is 5.49. The number of hydrogen-bond donors (Lipinski definition) is 4. The Kier molecular flexibility index (Phi) is 4.54. The van der Waals surface area contributed by atoms with Gasteiger partial charge < -0.3 is 27.0 Å². The number of nitrogens with one attached hydrogen (secondary N) is 2. The van der Waals surface area contributed by atoms with Crippen LogP contribution in [0.5, 0.6) is 0 Å². The second-order valence-corrected chi connectivity index (χ2v) is 8.25. The number of hydrogen-bond acceptors (Lipinski definition) is 5. The predicted molar refractivity (Wildman–Crippen MR) is 101 cm³/mol. The summed E-state index contributed by atoms with van der Waals surface area (Å²) in [6, 6.07) is 0.0758. The fourth-order valence-electron chi connectivity index (χ4n) is 3.97. The van der Waals surface area contributed by atoms with Crippen molar-refractivity contribution in [1.82, 2.24) is 15.5 Å². The van der Waals surface area contributed by atoms with Gasteiger partial charge in [0.25, 0.3) is 11.8 Å². The second kappa shape index (κ2) is 6.85. The lowest BCUT2D eigenvalue weighted by atomic mass is 9.84. The van der Waals surface area contributed by atoms with Crippen LogP contribution in [0, 0.1) is 5.92 Å². The fraction of sp³-hybridized carbons (Fsp3) is 0.471. The number of amides is 2. The predicted octanol–water partition coefficient (Wildman–Crippen LogP) is -0.688. The van der Waals surface area contributed by atoms with Crippen LogP contribution in [0.15, 0.2) is 39.9 Å². The van der Waals surface area contributed by atoms with Crippen molar-refractivity contribution in [3.63, 3.8) is 0 Å². The van der Waals surface area contributed by atoms with Gasteiger partial charge >= 0.3 is 0 Å². The number of carbonyl (C=O) groups excluding carboxylic acids is 2. The van der Waals surface area contributed by atoms with Gasteiger partial charge in [-0.2, -0.15) is 4.99 Å². The van der Waals surface area contributed by atoms with Crippen molar-refractivity contribution < 1.29 is 9.59 Å². The molecule has 5 rings (SSSR count).